The fourth-order valence-electron chi connectivity index (χ4n) is 4.99. The number of imidazole rings is 1. The van der Waals surface area contributed by atoms with E-state index in [1.807, 2.05) is 11.8 Å². The van der Waals surface area contributed by atoms with Gasteiger partial charge in [0.15, 0.2) is 0 Å². The van der Waals surface area contributed by atoms with Crippen molar-refractivity contribution in [3.05, 3.63) is 17.7 Å². The Morgan fingerprint density at radius 2 is 2.19 bits per heavy atom. The van der Waals surface area contributed by atoms with Crippen LogP contribution in [0.2, 0.25) is 0 Å². The molecule has 2 atom stereocenters. The molecule has 0 unspecified atom stereocenters. The van der Waals surface area contributed by atoms with Gasteiger partial charge in [-0.15, -0.1) is 0 Å². The lowest BCUT2D eigenvalue weighted by molar-refractivity contribution is 0.0400. The minimum atomic E-state index is 0.0817. The molecule has 0 saturated carbocycles. The standard InChI is InChI=1S/C20H32N4O2/c1-15-4-3-7-23(12-15)13-17-10-20(14-26-17)5-8-24(9-6-20)19(25)18-11-21-16(2)22-18/h11,15,17H,3-10,12-14H2,1-2H3,(H,21,22)/t15-,17-/m0/s1. The maximum Gasteiger partial charge on any atom is 0.271 e. The molecule has 1 spiro atoms. The first-order valence-corrected chi connectivity index (χ1v) is 10.2. The largest absolute Gasteiger partial charge is 0.376 e. The van der Waals surface area contributed by atoms with Gasteiger partial charge in [-0.3, -0.25) is 4.79 Å². The topological polar surface area (TPSA) is 61.5 Å². The summed E-state index contributed by atoms with van der Waals surface area (Å²) in [6.07, 6.45) is 7.98. The third-order valence-corrected chi connectivity index (χ3v) is 6.53. The van der Waals surface area contributed by atoms with Crippen molar-refractivity contribution < 1.29 is 9.53 Å². The molecule has 1 amide bonds. The smallest absolute Gasteiger partial charge is 0.271 e. The second kappa shape index (κ2) is 7.31. The molecule has 144 valence electrons. The van der Waals surface area contributed by atoms with E-state index in [1.165, 1.54) is 25.9 Å². The molecule has 0 aliphatic carbocycles. The lowest BCUT2D eigenvalue weighted by Gasteiger charge is -2.38. The lowest BCUT2D eigenvalue weighted by Crippen LogP contribution is -2.44. The first kappa shape index (κ1) is 18.0. The van der Waals surface area contributed by atoms with Gasteiger partial charge in [0.2, 0.25) is 0 Å². The molecule has 3 fully saturated rings. The number of aryl methyl sites for hydroxylation is 1. The number of likely N-dealkylation sites (tertiary alicyclic amines) is 2. The van der Waals surface area contributed by atoms with Crippen LogP contribution in [0.15, 0.2) is 6.20 Å². The van der Waals surface area contributed by atoms with E-state index in [2.05, 4.69) is 21.8 Å². The zero-order valence-electron chi connectivity index (χ0n) is 16.2. The van der Waals surface area contributed by atoms with Crippen molar-refractivity contribution in [2.45, 2.75) is 52.1 Å². The number of piperidine rings is 2. The SMILES string of the molecule is Cc1ncc(C(=O)N2CCC3(CC2)CO[C@H](CN2CCC[C@H](C)C2)C3)[nH]1. The minimum Gasteiger partial charge on any atom is -0.376 e. The minimum absolute atomic E-state index is 0.0817. The van der Waals surface area contributed by atoms with E-state index in [1.54, 1.807) is 6.20 Å². The molecule has 6 nitrogen and oxygen atoms in total. The van der Waals surface area contributed by atoms with Crippen LogP contribution in [0, 0.1) is 18.3 Å². The Morgan fingerprint density at radius 3 is 2.88 bits per heavy atom. The van der Waals surface area contributed by atoms with Gasteiger partial charge < -0.3 is 19.5 Å². The number of rotatable bonds is 3. The highest BCUT2D eigenvalue weighted by Crippen LogP contribution is 2.42. The van der Waals surface area contributed by atoms with Crippen LogP contribution in [-0.4, -0.2) is 71.1 Å². The summed E-state index contributed by atoms with van der Waals surface area (Å²) in [7, 11) is 0. The van der Waals surface area contributed by atoms with Crippen molar-refractivity contribution in [2.75, 3.05) is 39.3 Å². The highest BCUT2D eigenvalue weighted by atomic mass is 16.5. The fraction of sp³-hybridized carbons (Fsp3) is 0.800. The first-order valence-electron chi connectivity index (χ1n) is 10.2. The third kappa shape index (κ3) is 3.81. The number of ether oxygens (including phenoxy) is 1. The average Bonchev–Trinajstić information content (AvgIpc) is 3.22. The molecule has 4 rings (SSSR count). The number of aromatic nitrogens is 2. The molecular formula is C20H32N4O2. The monoisotopic (exact) mass is 360 g/mol. The van der Waals surface area contributed by atoms with Crippen LogP contribution in [-0.2, 0) is 4.74 Å². The van der Waals surface area contributed by atoms with Crippen LogP contribution in [0.4, 0.5) is 0 Å². The molecule has 3 aliphatic heterocycles. The van der Waals surface area contributed by atoms with Crippen molar-refractivity contribution in [3.8, 4) is 0 Å². The molecule has 0 radical (unpaired) electrons. The maximum atomic E-state index is 12.6. The Balaban J connectivity index is 1.28. The number of nitrogens with zero attached hydrogens (tertiary/aromatic N) is 3. The highest BCUT2D eigenvalue weighted by molar-refractivity contribution is 5.92. The van der Waals surface area contributed by atoms with Gasteiger partial charge >= 0.3 is 0 Å². The summed E-state index contributed by atoms with van der Waals surface area (Å²) in [5.74, 6) is 1.69. The van der Waals surface area contributed by atoms with E-state index in [0.29, 0.717) is 11.8 Å². The van der Waals surface area contributed by atoms with E-state index in [9.17, 15) is 4.79 Å². The number of hydrogen-bond donors (Lipinski definition) is 1. The Bertz CT molecular complexity index is 636. The molecule has 3 aliphatic rings. The average molecular weight is 361 g/mol. The summed E-state index contributed by atoms with van der Waals surface area (Å²) in [4.78, 5) is 24.4. The van der Waals surface area contributed by atoms with Crippen LogP contribution < -0.4 is 0 Å². The number of carbonyl (C=O) groups excluding carboxylic acids is 1. The Morgan fingerprint density at radius 1 is 1.38 bits per heavy atom. The summed E-state index contributed by atoms with van der Waals surface area (Å²) in [6.45, 7) is 10.3. The third-order valence-electron chi connectivity index (χ3n) is 6.53. The van der Waals surface area contributed by atoms with Crippen molar-refractivity contribution in [2.24, 2.45) is 11.3 Å². The van der Waals surface area contributed by atoms with Crippen molar-refractivity contribution in [3.63, 3.8) is 0 Å². The second-order valence-electron chi connectivity index (χ2n) is 8.82. The quantitative estimate of drug-likeness (QED) is 0.899. The molecule has 0 aromatic carbocycles. The molecule has 0 bridgehead atoms. The van der Waals surface area contributed by atoms with E-state index in [0.717, 1.165) is 57.2 Å². The predicted molar refractivity (Wildman–Crippen MR) is 100 cm³/mol. The number of hydrogen-bond acceptors (Lipinski definition) is 4. The Labute approximate surface area is 156 Å². The molecule has 1 N–H and O–H groups in total. The van der Waals surface area contributed by atoms with Gasteiger partial charge in [-0.2, -0.15) is 0 Å². The summed E-state index contributed by atoms with van der Waals surface area (Å²) in [6, 6.07) is 0. The van der Waals surface area contributed by atoms with Crippen LogP contribution in [0.3, 0.4) is 0 Å². The molecule has 4 heterocycles. The zero-order valence-corrected chi connectivity index (χ0v) is 16.2. The van der Waals surface area contributed by atoms with E-state index in [4.69, 9.17) is 4.74 Å². The summed E-state index contributed by atoms with van der Waals surface area (Å²) in [5.41, 5.74) is 0.894. The second-order valence-corrected chi connectivity index (χ2v) is 8.82. The van der Waals surface area contributed by atoms with E-state index >= 15 is 0 Å². The van der Waals surface area contributed by atoms with E-state index in [-0.39, 0.29) is 11.3 Å². The number of H-pyrrole nitrogens is 1. The molecule has 3 saturated heterocycles. The Hall–Kier alpha value is -1.40. The molecule has 1 aromatic rings. The van der Waals surface area contributed by atoms with Crippen LogP contribution in [0.25, 0.3) is 0 Å². The van der Waals surface area contributed by atoms with Gasteiger partial charge in [0.25, 0.3) is 5.91 Å². The van der Waals surface area contributed by atoms with Gasteiger partial charge in [-0.25, -0.2) is 4.98 Å². The van der Waals surface area contributed by atoms with Crippen molar-refractivity contribution in [1.29, 1.82) is 0 Å². The number of amides is 1. The van der Waals surface area contributed by atoms with Crippen molar-refractivity contribution >= 4 is 5.91 Å². The van der Waals surface area contributed by atoms with Gasteiger partial charge in [-0.05, 0) is 56.9 Å². The zero-order chi connectivity index (χ0) is 18.1. The molecular weight excluding hydrogens is 328 g/mol. The van der Waals surface area contributed by atoms with Gasteiger partial charge in [0, 0.05) is 26.2 Å². The predicted octanol–water partition coefficient (Wildman–Crippen LogP) is 2.46. The summed E-state index contributed by atoms with van der Waals surface area (Å²) >= 11 is 0. The summed E-state index contributed by atoms with van der Waals surface area (Å²) < 4.78 is 6.21. The van der Waals surface area contributed by atoms with Gasteiger partial charge in [-0.1, -0.05) is 6.92 Å². The summed E-state index contributed by atoms with van der Waals surface area (Å²) in [5, 5.41) is 0. The van der Waals surface area contributed by atoms with Gasteiger partial charge in [0.05, 0.1) is 18.9 Å². The molecule has 1 aromatic heterocycles. The highest BCUT2D eigenvalue weighted by Gasteiger charge is 2.43. The maximum absolute atomic E-state index is 12.6. The first-order chi connectivity index (χ1) is 12.5. The van der Waals surface area contributed by atoms with Crippen LogP contribution in [0.5, 0.6) is 0 Å². The van der Waals surface area contributed by atoms with Gasteiger partial charge in [0.1, 0.15) is 11.5 Å². The van der Waals surface area contributed by atoms with Crippen LogP contribution >= 0.6 is 0 Å². The van der Waals surface area contributed by atoms with Crippen molar-refractivity contribution in [1.82, 2.24) is 19.8 Å². The molecule has 26 heavy (non-hydrogen) atoms. The number of nitrogens with one attached hydrogen (secondary N) is 1. The van der Waals surface area contributed by atoms with Crippen LogP contribution in [0.1, 0.15) is 55.3 Å². The van der Waals surface area contributed by atoms with E-state index < -0.39 is 0 Å². The number of carbonyl (C=O) groups is 1. The normalized spacial score (nSPS) is 29.4. The lowest BCUT2D eigenvalue weighted by atomic mass is 9.76. The Kier molecular flexibility index (Phi) is 5.06. The number of aromatic amines is 1. The fourth-order valence-corrected chi connectivity index (χ4v) is 4.99. The molecule has 6 heteroatoms.